The fourth-order valence-corrected chi connectivity index (χ4v) is 3.40. The smallest absolute Gasteiger partial charge is 0.170 e. The third-order valence-corrected chi connectivity index (χ3v) is 4.89. The molecule has 132 valence electrons. The lowest BCUT2D eigenvalue weighted by molar-refractivity contribution is 0.0619. The Labute approximate surface area is 174 Å². The molecule has 2 aromatic rings. The maximum absolute atomic E-state index is 11.8. The molecular weight excluding hydrogens is 546 g/mol. The average molecular weight is 564 g/mol. The van der Waals surface area contributed by atoms with Crippen molar-refractivity contribution in [2.45, 2.75) is 32.8 Å². The highest BCUT2D eigenvalue weighted by Crippen LogP contribution is 2.33. The van der Waals surface area contributed by atoms with Crippen LogP contribution in [0.2, 0.25) is 0 Å². The fourth-order valence-electron chi connectivity index (χ4n) is 2.41. The highest BCUT2D eigenvalue weighted by molar-refractivity contribution is 14.1. The lowest BCUT2D eigenvalue weighted by Gasteiger charge is -2.31. The molecular formula is C19H18I2O4. The predicted octanol–water partition coefficient (Wildman–Crippen LogP) is 5.23. The summed E-state index contributed by atoms with van der Waals surface area (Å²) in [4.78, 5) is 22.6. The Morgan fingerprint density at radius 3 is 2.32 bits per heavy atom. The first-order chi connectivity index (χ1) is 11.6. The van der Waals surface area contributed by atoms with Gasteiger partial charge in [-0.1, -0.05) is 0 Å². The minimum Gasteiger partial charge on any atom is -0.507 e. The molecule has 2 aromatic carbocycles. The van der Waals surface area contributed by atoms with Crippen molar-refractivity contribution in [3.8, 4) is 11.5 Å². The predicted molar refractivity (Wildman–Crippen MR) is 114 cm³/mol. The number of hydrogen-bond acceptors (Lipinski definition) is 4. The van der Waals surface area contributed by atoms with Crippen LogP contribution in [0.15, 0.2) is 36.4 Å². The fraction of sp³-hybridized carbons (Fsp3) is 0.263. The number of Topliss-reactive ketones (excluding diaryl/α,β-unsaturated/α-hetero) is 2. The number of rotatable bonds is 1. The van der Waals surface area contributed by atoms with Crippen molar-refractivity contribution in [3.63, 3.8) is 0 Å². The molecule has 1 heterocycles. The molecule has 0 fully saturated rings. The zero-order valence-electron chi connectivity index (χ0n) is 14.1. The van der Waals surface area contributed by atoms with Crippen molar-refractivity contribution in [1.29, 1.82) is 0 Å². The molecule has 0 atom stereocenters. The Morgan fingerprint density at radius 1 is 1.12 bits per heavy atom. The quantitative estimate of drug-likeness (QED) is 0.381. The number of aromatic hydroxyl groups is 1. The van der Waals surface area contributed by atoms with E-state index in [9.17, 15) is 14.7 Å². The zero-order chi connectivity index (χ0) is 18.8. The SMILES string of the molecule is CC(=O)c1cc(I)ccc1O.CC1(C)CC(=O)c2cc(I)ccc2O1. The molecule has 0 amide bonds. The topological polar surface area (TPSA) is 63.6 Å². The van der Waals surface area contributed by atoms with Crippen LogP contribution in [-0.2, 0) is 0 Å². The van der Waals surface area contributed by atoms with Gasteiger partial charge in [-0.05, 0) is 102 Å². The van der Waals surface area contributed by atoms with Crippen molar-refractivity contribution in [3.05, 3.63) is 54.7 Å². The van der Waals surface area contributed by atoms with Gasteiger partial charge in [0.25, 0.3) is 0 Å². The third kappa shape index (κ3) is 5.40. The van der Waals surface area contributed by atoms with E-state index in [1.54, 1.807) is 12.1 Å². The van der Waals surface area contributed by atoms with Gasteiger partial charge in [-0.3, -0.25) is 9.59 Å². The molecule has 0 aliphatic carbocycles. The lowest BCUT2D eigenvalue weighted by Crippen LogP contribution is -2.35. The molecule has 0 saturated carbocycles. The Morgan fingerprint density at radius 2 is 1.72 bits per heavy atom. The van der Waals surface area contributed by atoms with Gasteiger partial charge in [-0.2, -0.15) is 0 Å². The first-order valence-corrected chi connectivity index (χ1v) is 9.76. The van der Waals surface area contributed by atoms with Crippen LogP contribution in [-0.4, -0.2) is 22.3 Å². The molecule has 1 aliphatic heterocycles. The number of benzene rings is 2. The van der Waals surface area contributed by atoms with E-state index in [0.29, 0.717) is 17.7 Å². The minimum absolute atomic E-state index is 0.0536. The molecule has 0 radical (unpaired) electrons. The number of ketones is 2. The Balaban J connectivity index is 0.000000186. The van der Waals surface area contributed by atoms with E-state index in [2.05, 4.69) is 45.2 Å². The standard InChI is InChI=1S/C11H11IO2.C8H7IO2/c1-11(2)6-9(13)8-5-7(12)3-4-10(8)14-11;1-5(10)7-4-6(9)2-3-8(7)11/h3-5H,6H2,1-2H3;2-4,11H,1H3. The van der Waals surface area contributed by atoms with E-state index in [-0.39, 0.29) is 22.9 Å². The van der Waals surface area contributed by atoms with Crippen molar-refractivity contribution in [2.75, 3.05) is 0 Å². The molecule has 6 heteroatoms. The highest BCUT2D eigenvalue weighted by Gasteiger charge is 2.32. The number of ether oxygens (including phenoxy) is 1. The molecule has 0 bridgehead atoms. The number of hydrogen-bond donors (Lipinski definition) is 1. The summed E-state index contributed by atoms with van der Waals surface area (Å²) in [7, 11) is 0. The summed E-state index contributed by atoms with van der Waals surface area (Å²) in [5, 5.41) is 9.18. The summed E-state index contributed by atoms with van der Waals surface area (Å²) >= 11 is 4.29. The van der Waals surface area contributed by atoms with E-state index in [4.69, 9.17) is 4.74 Å². The molecule has 0 aromatic heterocycles. The molecule has 0 unspecified atom stereocenters. The Hall–Kier alpha value is -1.16. The van der Waals surface area contributed by atoms with E-state index in [1.165, 1.54) is 13.0 Å². The summed E-state index contributed by atoms with van der Waals surface area (Å²) < 4.78 is 7.74. The van der Waals surface area contributed by atoms with E-state index >= 15 is 0 Å². The van der Waals surface area contributed by atoms with Crippen molar-refractivity contribution in [1.82, 2.24) is 0 Å². The summed E-state index contributed by atoms with van der Waals surface area (Å²) in [6, 6.07) is 10.6. The molecule has 1 N–H and O–H groups in total. The first kappa shape index (κ1) is 20.2. The van der Waals surface area contributed by atoms with Gasteiger partial charge in [-0.25, -0.2) is 0 Å². The van der Waals surface area contributed by atoms with Crippen molar-refractivity contribution in [2.24, 2.45) is 0 Å². The third-order valence-electron chi connectivity index (χ3n) is 3.55. The molecule has 1 aliphatic rings. The van der Waals surface area contributed by atoms with Crippen LogP contribution in [0.3, 0.4) is 0 Å². The number of phenols is 1. The van der Waals surface area contributed by atoms with Crippen LogP contribution in [0.5, 0.6) is 11.5 Å². The number of carbonyl (C=O) groups is 2. The Bertz CT molecular complexity index is 828. The monoisotopic (exact) mass is 564 g/mol. The summed E-state index contributed by atoms with van der Waals surface area (Å²) in [6.07, 6.45) is 0.458. The molecule has 0 saturated heterocycles. The van der Waals surface area contributed by atoms with Crippen LogP contribution in [0.25, 0.3) is 0 Å². The molecule has 4 nitrogen and oxygen atoms in total. The van der Waals surface area contributed by atoms with Gasteiger partial charge in [0.1, 0.15) is 17.1 Å². The minimum atomic E-state index is -0.364. The largest absolute Gasteiger partial charge is 0.507 e. The maximum Gasteiger partial charge on any atom is 0.170 e. The van der Waals surface area contributed by atoms with Gasteiger partial charge in [0.2, 0.25) is 0 Å². The summed E-state index contributed by atoms with van der Waals surface area (Å²) in [6.45, 7) is 5.31. The lowest BCUT2D eigenvalue weighted by atomic mass is 9.93. The van der Waals surface area contributed by atoms with Gasteiger partial charge in [0, 0.05) is 7.14 Å². The van der Waals surface area contributed by atoms with Crippen molar-refractivity contribution >= 4 is 56.7 Å². The molecule has 25 heavy (non-hydrogen) atoms. The van der Waals surface area contributed by atoms with Crippen LogP contribution < -0.4 is 4.74 Å². The van der Waals surface area contributed by atoms with E-state index in [0.717, 1.165) is 12.7 Å². The second-order valence-corrected chi connectivity index (χ2v) is 8.81. The van der Waals surface area contributed by atoms with Gasteiger partial charge in [0.05, 0.1) is 17.5 Å². The number of fused-ring (bicyclic) bond motifs is 1. The second-order valence-electron chi connectivity index (χ2n) is 6.32. The highest BCUT2D eigenvalue weighted by atomic mass is 127. The summed E-state index contributed by atoms with van der Waals surface area (Å²) in [5.74, 6) is 0.834. The van der Waals surface area contributed by atoms with Crippen molar-refractivity contribution < 1.29 is 19.4 Å². The van der Waals surface area contributed by atoms with Crippen LogP contribution in [0.1, 0.15) is 47.9 Å². The van der Waals surface area contributed by atoms with E-state index in [1.807, 2.05) is 32.0 Å². The Kier molecular flexibility index (Phi) is 6.47. The van der Waals surface area contributed by atoms with Crippen LogP contribution in [0.4, 0.5) is 0 Å². The van der Waals surface area contributed by atoms with Gasteiger partial charge in [-0.15, -0.1) is 0 Å². The first-order valence-electron chi connectivity index (χ1n) is 7.60. The van der Waals surface area contributed by atoms with Gasteiger partial charge in [0.15, 0.2) is 11.6 Å². The maximum atomic E-state index is 11.8. The molecule has 0 spiro atoms. The van der Waals surface area contributed by atoms with Gasteiger partial charge >= 0.3 is 0 Å². The average Bonchev–Trinajstić information content (AvgIpc) is 2.50. The van der Waals surface area contributed by atoms with Gasteiger partial charge < -0.3 is 9.84 Å². The second kappa shape index (κ2) is 8.03. The van der Waals surface area contributed by atoms with Crippen LogP contribution in [0, 0.1) is 7.14 Å². The number of carbonyl (C=O) groups excluding carboxylic acids is 2. The summed E-state index contributed by atoms with van der Waals surface area (Å²) in [5.41, 5.74) is 0.741. The number of phenolic OH excluding ortho intramolecular Hbond substituents is 1. The zero-order valence-corrected chi connectivity index (χ0v) is 18.4. The number of halogens is 2. The van der Waals surface area contributed by atoms with Crippen LogP contribution >= 0.6 is 45.2 Å². The molecule has 3 rings (SSSR count). The van der Waals surface area contributed by atoms with E-state index < -0.39 is 0 Å². The normalized spacial score (nSPS) is 14.7.